The standard InChI is InChI=1S/C14H26N4S/c1-5-6-10-18(4)14(15-3)16-9-7-8-13-17-12(2)11-19-13/h11H,5-10H2,1-4H3,(H,15,16). The summed E-state index contributed by atoms with van der Waals surface area (Å²) in [4.78, 5) is 11.0. The summed E-state index contributed by atoms with van der Waals surface area (Å²) < 4.78 is 0. The fourth-order valence-electron chi connectivity index (χ4n) is 1.84. The molecule has 0 aliphatic rings. The first-order valence-electron chi connectivity index (χ1n) is 7.00. The average Bonchev–Trinajstić information content (AvgIpc) is 2.82. The van der Waals surface area contributed by atoms with Gasteiger partial charge in [-0.05, 0) is 19.8 Å². The lowest BCUT2D eigenvalue weighted by Crippen LogP contribution is -2.39. The zero-order valence-corrected chi connectivity index (χ0v) is 13.4. The predicted molar refractivity (Wildman–Crippen MR) is 84.1 cm³/mol. The van der Waals surface area contributed by atoms with Gasteiger partial charge in [-0.15, -0.1) is 11.3 Å². The number of hydrogen-bond donors (Lipinski definition) is 1. The highest BCUT2D eigenvalue weighted by atomic mass is 32.1. The second-order valence-corrected chi connectivity index (χ2v) is 5.68. The van der Waals surface area contributed by atoms with E-state index < -0.39 is 0 Å². The van der Waals surface area contributed by atoms with E-state index in [4.69, 9.17) is 0 Å². The molecule has 0 aliphatic heterocycles. The van der Waals surface area contributed by atoms with Gasteiger partial charge in [0.1, 0.15) is 0 Å². The van der Waals surface area contributed by atoms with Crippen molar-refractivity contribution in [3.8, 4) is 0 Å². The van der Waals surface area contributed by atoms with Crippen molar-refractivity contribution in [2.24, 2.45) is 4.99 Å². The van der Waals surface area contributed by atoms with Crippen molar-refractivity contribution in [3.05, 3.63) is 16.1 Å². The van der Waals surface area contributed by atoms with Crippen molar-refractivity contribution in [3.63, 3.8) is 0 Å². The first-order valence-corrected chi connectivity index (χ1v) is 7.88. The second-order valence-electron chi connectivity index (χ2n) is 4.74. The monoisotopic (exact) mass is 282 g/mol. The van der Waals surface area contributed by atoms with Gasteiger partial charge < -0.3 is 10.2 Å². The molecule has 4 nitrogen and oxygen atoms in total. The first-order chi connectivity index (χ1) is 9.17. The van der Waals surface area contributed by atoms with Gasteiger partial charge in [0, 0.05) is 44.7 Å². The number of aromatic nitrogens is 1. The van der Waals surface area contributed by atoms with E-state index in [2.05, 4.69) is 39.5 Å². The Bertz CT molecular complexity index is 387. The van der Waals surface area contributed by atoms with Crippen molar-refractivity contribution < 1.29 is 0 Å². The molecular weight excluding hydrogens is 256 g/mol. The molecule has 0 aliphatic carbocycles. The van der Waals surface area contributed by atoms with Gasteiger partial charge in [0.25, 0.3) is 0 Å². The van der Waals surface area contributed by atoms with E-state index in [0.717, 1.165) is 37.6 Å². The fraction of sp³-hybridized carbons (Fsp3) is 0.714. The summed E-state index contributed by atoms with van der Waals surface area (Å²) >= 11 is 1.75. The number of nitrogens with zero attached hydrogens (tertiary/aromatic N) is 3. The maximum Gasteiger partial charge on any atom is 0.193 e. The molecule has 1 aromatic rings. The number of hydrogen-bond acceptors (Lipinski definition) is 3. The van der Waals surface area contributed by atoms with Gasteiger partial charge in [-0.2, -0.15) is 0 Å². The second kappa shape index (κ2) is 8.91. The molecule has 0 saturated heterocycles. The van der Waals surface area contributed by atoms with E-state index >= 15 is 0 Å². The topological polar surface area (TPSA) is 40.5 Å². The highest BCUT2D eigenvalue weighted by Crippen LogP contribution is 2.10. The van der Waals surface area contributed by atoms with Crippen LogP contribution < -0.4 is 5.32 Å². The van der Waals surface area contributed by atoms with Crippen LogP contribution in [0.2, 0.25) is 0 Å². The largest absolute Gasteiger partial charge is 0.356 e. The Balaban J connectivity index is 2.22. The van der Waals surface area contributed by atoms with Crippen LogP contribution in [-0.4, -0.2) is 43.0 Å². The third-order valence-electron chi connectivity index (χ3n) is 2.94. The van der Waals surface area contributed by atoms with Crippen LogP contribution in [0.15, 0.2) is 10.4 Å². The number of guanidine groups is 1. The maximum atomic E-state index is 4.47. The smallest absolute Gasteiger partial charge is 0.193 e. The molecule has 0 aromatic carbocycles. The molecule has 1 N–H and O–H groups in total. The van der Waals surface area contributed by atoms with Crippen LogP contribution in [0.4, 0.5) is 0 Å². The van der Waals surface area contributed by atoms with Gasteiger partial charge in [0.2, 0.25) is 0 Å². The lowest BCUT2D eigenvalue weighted by Gasteiger charge is -2.21. The van der Waals surface area contributed by atoms with Crippen molar-refractivity contribution in [2.75, 3.05) is 27.2 Å². The zero-order chi connectivity index (χ0) is 14.1. The molecule has 0 bridgehead atoms. The molecule has 1 rings (SSSR count). The number of aryl methyl sites for hydroxylation is 2. The van der Waals surface area contributed by atoms with Crippen LogP contribution in [0.25, 0.3) is 0 Å². The third-order valence-corrected chi connectivity index (χ3v) is 3.96. The van der Waals surface area contributed by atoms with E-state index in [1.807, 2.05) is 14.0 Å². The van der Waals surface area contributed by atoms with E-state index in [9.17, 15) is 0 Å². The number of unbranched alkanes of at least 4 members (excludes halogenated alkanes) is 1. The summed E-state index contributed by atoms with van der Waals surface area (Å²) in [6.45, 7) is 6.26. The van der Waals surface area contributed by atoms with Crippen molar-refractivity contribution in [1.29, 1.82) is 0 Å². The van der Waals surface area contributed by atoms with Gasteiger partial charge in [0.05, 0.1) is 5.01 Å². The molecule has 19 heavy (non-hydrogen) atoms. The molecule has 0 amide bonds. The van der Waals surface area contributed by atoms with Gasteiger partial charge in [0.15, 0.2) is 5.96 Å². The first kappa shape index (κ1) is 16.0. The number of nitrogens with one attached hydrogen (secondary N) is 1. The van der Waals surface area contributed by atoms with Crippen LogP contribution in [0.1, 0.15) is 36.9 Å². The number of aliphatic imine (C=N–C) groups is 1. The minimum atomic E-state index is 0.946. The van der Waals surface area contributed by atoms with Gasteiger partial charge in [-0.3, -0.25) is 4.99 Å². The quantitative estimate of drug-likeness (QED) is 0.475. The predicted octanol–water partition coefficient (Wildman–Crippen LogP) is 2.69. The molecule has 0 unspecified atom stereocenters. The Morgan fingerprint density at radius 3 is 2.84 bits per heavy atom. The Morgan fingerprint density at radius 1 is 1.47 bits per heavy atom. The normalized spacial score (nSPS) is 11.7. The number of rotatable bonds is 7. The van der Waals surface area contributed by atoms with Crippen LogP contribution in [0.5, 0.6) is 0 Å². The molecular formula is C14H26N4S. The summed E-state index contributed by atoms with van der Waals surface area (Å²) in [6.07, 6.45) is 4.55. The molecule has 0 fully saturated rings. The van der Waals surface area contributed by atoms with Gasteiger partial charge in [-0.25, -0.2) is 4.98 Å². The Kier molecular flexibility index (Phi) is 7.48. The van der Waals surface area contributed by atoms with Gasteiger partial charge in [-0.1, -0.05) is 13.3 Å². The molecule has 108 valence electrons. The third kappa shape index (κ3) is 6.05. The van der Waals surface area contributed by atoms with E-state index in [0.29, 0.717) is 0 Å². The van der Waals surface area contributed by atoms with E-state index in [-0.39, 0.29) is 0 Å². The van der Waals surface area contributed by atoms with Crippen molar-refractivity contribution in [2.45, 2.75) is 39.5 Å². The zero-order valence-electron chi connectivity index (χ0n) is 12.6. The van der Waals surface area contributed by atoms with Crippen LogP contribution in [0, 0.1) is 6.92 Å². The molecule has 1 heterocycles. The fourth-order valence-corrected chi connectivity index (χ4v) is 2.66. The van der Waals surface area contributed by atoms with Crippen LogP contribution >= 0.6 is 11.3 Å². The Hall–Kier alpha value is -1.10. The highest BCUT2D eigenvalue weighted by molar-refractivity contribution is 7.09. The molecule has 0 saturated carbocycles. The summed E-state index contributed by atoms with van der Waals surface area (Å²) in [5, 5.41) is 6.75. The summed E-state index contributed by atoms with van der Waals surface area (Å²) in [5.41, 5.74) is 1.13. The molecule has 0 atom stereocenters. The van der Waals surface area contributed by atoms with Gasteiger partial charge >= 0.3 is 0 Å². The molecule has 0 spiro atoms. The lowest BCUT2D eigenvalue weighted by atomic mass is 10.3. The summed E-state index contributed by atoms with van der Waals surface area (Å²) in [7, 11) is 3.93. The average molecular weight is 282 g/mol. The summed E-state index contributed by atoms with van der Waals surface area (Å²) in [6, 6.07) is 0. The van der Waals surface area contributed by atoms with Crippen molar-refractivity contribution in [1.82, 2.24) is 15.2 Å². The minimum absolute atomic E-state index is 0.946. The maximum absolute atomic E-state index is 4.47. The highest BCUT2D eigenvalue weighted by Gasteiger charge is 2.04. The Labute approximate surface area is 121 Å². The SMILES string of the molecule is CCCCN(C)C(=NC)NCCCc1nc(C)cs1. The van der Waals surface area contributed by atoms with Crippen LogP contribution in [-0.2, 0) is 6.42 Å². The summed E-state index contributed by atoms with van der Waals surface area (Å²) in [5.74, 6) is 0.990. The minimum Gasteiger partial charge on any atom is -0.356 e. The molecule has 1 aromatic heterocycles. The number of thiazole rings is 1. The molecule has 5 heteroatoms. The van der Waals surface area contributed by atoms with Crippen molar-refractivity contribution >= 4 is 17.3 Å². The molecule has 0 radical (unpaired) electrons. The van der Waals surface area contributed by atoms with Crippen LogP contribution in [0.3, 0.4) is 0 Å². The Morgan fingerprint density at radius 2 is 2.26 bits per heavy atom. The van der Waals surface area contributed by atoms with E-state index in [1.165, 1.54) is 17.8 Å². The van der Waals surface area contributed by atoms with E-state index in [1.54, 1.807) is 11.3 Å². The lowest BCUT2D eigenvalue weighted by molar-refractivity contribution is 0.464.